The van der Waals surface area contributed by atoms with Crippen LogP contribution in [0.5, 0.6) is 0 Å². The minimum Gasteiger partial charge on any atom is -0.356 e. The summed E-state index contributed by atoms with van der Waals surface area (Å²) in [5.41, 5.74) is 1.56. The lowest BCUT2D eigenvalue weighted by Crippen LogP contribution is -2.30. The molecule has 26 heavy (non-hydrogen) atoms. The van der Waals surface area contributed by atoms with Crippen LogP contribution in [0.4, 0.5) is 4.39 Å². The number of hydrogen-bond acceptors (Lipinski definition) is 3. The standard InChI is InChI=1S/C18H25FN4O.2ClH/c1-23-16-12-14(19)3-4-15(16)22-17(23)8-11-21-18(24)5-2-13-6-9-20-10-7-13;;/h3-4,12-13,20H,2,5-11H2,1H3,(H,21,24);2*1H. The van der Waals surface area contributed by atoms with E-state index in [0.29, 0.717) is 25.3 Å². The number of aryl methyl sites for hydroxylation is 1. The minimum atomic E-state index is -0.261. The predicted octanol–water partition coefficient (Wildman–Crippen LogP) is 2.99. The maximum atomic E-state index is 13.3. The van der Waals surface area contributed by atoms with E-state index in [2.05, 4.69) is 15.6 Å². The third kappa shape index (κ3) is 5.83. The topological polar surface area (TPSA) is 59.0 Å². The Morgan fingerprint density at radius 1 is 1.35 bits per heavy atom. The monoisotopic (exact) mass is 404 g/mol. The molecule has 0 aliphatic carbocycles. The molecule has 8 heteroatoms. The fraction of sp³-hybridized carbons (Fsp3) is 0.556. The van der Waals surface area contributed by atoms with E-state index in [0.717, 1.165) is 36.4 Å². The quantitative estimate of drug-likeness (QED) is 0.777. The minimum absolute atomic E-state index is 0. The maximum Gasteiger partial charge on any atom is 0.220 e. The molecular formula is C18H27Cl2FN4O. The van der Waals surface area contributed by atoms with Crippen molar-refractivity contribution in [3.63, 3.8) is 0 Å². The second-order valence-electron chi connectivity index (χ2n) is 6.55. The molecule has 1 amide bonds. The van der Waals surface area contributed by atoms with Gasteiger partial charge in [0.25, 0.3) is 0 Å². The summed E-state index contributed by atoms with van der Waals surface area (Å²) in [6, 6.07) is 4.59. The van der Waals surface area contributed by atoms with Crippen LogP contribution in [0.25, 0.3) is 11.0 Å². The molecule has 0 atom stereocenters. The zero-order valence-electron chi connectivity index (χ0n) is 15.0. The number of aromatic nitrogens is 2. The lowest BCUT2D eigenvalue weighted by Gasteiger charge is -2.22. The van der Waals surface area contributed by atoms with Crippen LogP contribution in [0.3, 0.4) is 0 Å². The molecule has 5 nitrogen and oxygen atoms in total. The third-order valence-corrected chi connectivity index (χ3v) is 4.84. The van der Waals surface area contributed by atoms with E-state index in [-0.39, 0.29) is 36.5 Å². The van der Waals surface area contributed by atoms with Crippen molar-refractivity contribution in [3.05, 3.63) is 29.8 Å². The summed E-state index contributed by atoms with van der Waals surface area (Å²) in [5, 5.41) is 6.31. The molecule has 2 N–H and O–H groups in total. The summed E-state index contributed by atoms with van der Waals surface area (Å²) < 4.78 is 15.2. The van der Waals surface area contributed by atoms with Crippen LogP contribution in [0.1, 0.15) is 31.5 Å². The van der Waals surface area contributed by atoms with Gasteiger partial charge in [0.1, 0.15) is 11.6 Å². The Hall–Kier alpha value is -1.37. The molecule has 3 rings (SSSR count). The fourth-order valence-corrected chi connectivity index (χ4v) is 3.34. The molecule has 2 heterocycles. The first-order valence-corrected chi connectivity index (χ1v) is 8.72. The maximum absolute atomic E-state index is 13.3. The highest BCUT2D eigenvalue weighted by Gasteiger charge is 2.14. The number of imidazole rings is 1. The number of benzene rings is 1. The van der Waals surface area contributed by atoms with Crippen molar-refractivity contribution in [2.45, 2.75) is 32.1 Å². The average Bonchev–Trinajstić information content (AvgIpc) is 2.90. The molecular weight excluding hydrogens is 378 g/mol. The number of nitrogens with one attached hydrogen (secondary N) is 2. The zero-order chi connectivity index (χ0) is 16.9. The number of carbonyl (C=O) groups is 1. The van der Waals surface area contributed by atoms with Crippen molar-refractivity contribution >= 4 is 41.8 Å². The van der Waals surface area contributed by atoms with Crippen LogP contribution in [-0.2, 0) is 18.3 Å². The van der Waals surface area contributed by atoms with Crippen molar-refractivity contribution in [1.29, 1.82) is 0 Å². The Morgan fingerprint density at radius 2 is 2.08 bits per heavy atom. The number of piperidine rings is 1. The van der Waals surface area contributed by atoms with E-state index in [9.17, 15) is 9.18 Å². The van der Waals surface area contributed by atoms with Gasteiger partial charge >= 0.3 is 0 Å². The lowest BCUT2D eigenvalue weighted by molar-refractivity contribution is -0.121. The van der Waals surface area contributed by atoms with E-state index in [1.165, 1.54) is 25.0 Å². The number of carbonyl (C=O) groups excluding carboxylic acids is 1. The summed E-state index contributed by atoms with van der Waals surface area (Å²) in [7, 11) is 1.88. The number of hydrogen-bond donors (Lipinski definition) is 2. The van der Waals surface area contributed by atoms with Crippen LogP contribution in [0, 0.1) is 11.7 Å². The average molecular weight is 405 g/mol. The van der Waals surface area contributed by atoms with Gasteiger partial charge < -0.3 is 15.2 Å². The van der Waals surface area contributed by atoms with E-state index < -0.39 is 0 Å². The van der Waals surface area contributed by atoms with E-state index >= 15 is 0 Å². The van der Waals surface area contributed by atoms with E-state index in [1.54, 1.807) is 6.07 Å². The van der Waals surface area contributed by atoms with Gasteiger partial charge in [-0.1, -0.05) is 0 Å². The highest BCUT2D eigenvalue weighted by Crippen LogP contribution is 2.18. The number of nitrogens with zero attached hydrogens (tertiary/aromatic N) is 2. The van der Waals surface area contributed by atoms with Crippen molar-refractivity contribution in [1.82, 2.24) is 20.2 Å². The number of amides is 1. The SMILES string of the molecule is Cl.Cl.Cn1c(CCNC(=O)CCC2CCNCC2)nc2ccc(F)cc21. The van der Waals surface area contributed by atoms with Crippen molar-refractivity contribution < 1.29 is 9.18 Å². The molecule has 146 valence electrons. The highest BCUT2D eigenvalue weighted by molar-refractivity contribution is 5.85. The van der Waals surface area contributed by atoms with Gasteiger partial charge in [-0.3, -0.25) is 4.79 Å². The summed E-state index contributed by atoms with van der Waals surface area (Å²) in [6.07, 6.45) is 4.55. The van der Waals surface area contributed by atoms with Gasteiger partial charge in [-0.05, 0) is 56.5 Å². The highest BCUT2D eigenvalue weighted by atomic mass is 35.5. The van der Waals surface area contributed by atoms with E-state index in [1.807, 2.05) is 11.6 Å². The first-order chi connectivity index (χ1) is 11.6. The van der Waals surface area contributed by atoms with Gasteiger partial charge in [0, 0.05) is 26.4 Å². The summed E-state index contributed by atoms with van der Waals surface area (Å²) in [4.78, 5) is 16.5. The molecule has 0 bridgehead atoms. The van der Waals surface area contributed by atoms with E-state index in [4.69, 9.17) is 0 Å². The molecule has 2 aromatic rings. The van der Waals surface area contributed by atoms with Crippen molar-refractivity contribution in [3.8, 4) is 0 Å². The second-order valence-corrected chi connectivity index (χ2v) is 6.55. The fourth-order valence-electron chi connectivity index (χ4n) is 3.34. The molecule has 1 aromatic carbocycles. The molecule has 0 spiro atoms. The Labute approximate surface area is 165 Å². The van der Waals surface area contributed by atoms with Gasteiger partial charge in [0.15, 0.2) is 0 Å². The molecule has 0 radical (unpaired) electrons. The first-order valence-electron chi connectivity index (χ1n) is 8.72. The third-order valence-electron chi connectivity index (χ3n) is 4.84. The van der Waals surface area contributed by atoms with Gasteiger partial charge in [0.05, 0.1) is 11.0 Å². The molecule has 1 fully saturated rings. The molecule has 0 unspecified atom stereocenters. The molecule has 0 saturated carbocycles. The van der Waals surface area contributed by atoms with Gasteiger partial charge in [-0.25, -0.2) is 9.37 Å². The Balaban J connectivity index is 0.00000169. The molecule has 1 aliphatic heterocycles. The largest absolute Gasteiger partial charge is 0.356 e. The van der Waals surface area contributed by atoms with Crippen molar-refractivity contribution in [2.75, 3.05) is 19.6 Å². The summed E-state index contributed by atoms with van der Waals surface area (Å²) in [6.45, 7) is 2.70. The predicted molar refractivity (Wildman–Crippen MR) is 107 cm³/mol. The second kappa shape index (κ2) is 10.7. The molecule has 1 aliphatic rings. The van der Waals surface area contributed by atoms with Gasteiger partial charge in [-0.2, -0.15) is 0 Å². The normalized spacial score (nSPS) is 14.5. The molecule has 1 aromatic heterocycles. The Morgan fingerprint density at radius 3 is 2.81 bits per heavy atom. The first kappa shape index (κ1) is 22.7. The van der Waals surface area contributed by atoms with Crippen molar-refractivity contribution in [2.24, 2.45) is 13.0 Å². The number of rotatable bonds is 6. The summed E-state index contributed by atoms with van der Waals surface area (Å²) in [5.74, 6) is 1.38. The zero-order valence-corrected chi connectivity index (χ0v) is 16.6. The van der Waals surface area contributed by atoms with Gasteiger partial charge in [0.2, 0.25) is 5.91 Å². The molecule has 1 saturated heterocycles. The Kier molecular flexibility index (Phi) is 9.33. The van der Waals surface area contributed by atoms with Crippen LogP contribution in [0.2, 0.25) is 0 Å². The van der Waals surface area contributed by atoms with Crippen LogP contribution >= 0.6 is 24.8 Å². The van der Waals surface area contributed by atoms with Gasteiger partial charge in [-0.15, -0.1) is 24.8 Å². The van der Waals surface area contributed by atoms with Crippen LogP contribution in [-0.4, -0.2) is 35.1 Å². The van der Waals surface area contributed by atoms with Crippen LogP contribution in [0.15, 0.2) is 18.2 Å². The number of halogens is 3. The lowest BCUT2D eigenvalue weighted by atomic mass is 9.93. The summed E-state index contributed by atoms with van der Waals surface area (Å²) >= 11 is 0. The van der Waals surface area contributed by atoms with Crippen LogP contribution < -0.4 is 10.6 Å². The Bertz CT molecular complexity index is 717. The smallest absolute Gasteiger partial charge is 0.220 e. The number of fused-ring (bicyclic) bond motifs is 1.